The van der Waals surface area contributed by atoms with Crippen molar-refractivity contribution in [2.24, 2.45) is 5.73 Å². The van der Waals surface area contributed by atoms with Gasteiger partial charge in [-0.15, -0.1) is 0 Å². The van der Waals surface area contributed by atoms with Crippen molar-refractivity contribution >= 4 is 29.3 Å². The molecule has 0 saturated carbocycles. The van der Waals surface area contributed by atoms with Crippen molar-refractivity contribution in [1.29, 1.82) is 0 Å². The Hall–Kier alpha value is -3.62. The summed E-state index contributed by atoms with van der Waals surface area (Å²) >= 11 is 6.12. The van der Waals surface area contributed by atoms with Gasteiger partial charge in [0.25, 0.3) is 0 Å². The third-order valence-electron chi connectivity index (χ3n) is 7.17. The standard InChI is InChI=1S/C25H28ClF3N8O3/c1-13-6-7-37(34-13)19-8-14(26)2-5-17(19)22(25(27,28)29)40-21-9-20(32-24(31)33-21)35-10-15-3-4-16(11-35)36(15)12-18(30)23(38)39/h2,5-9,15-16,18,22H,3-4,10-12,30H2,1H3,(H,38,39)(H2,31,32,33)/t15?,16?,18-,22+/m0/s1. The summed E-state index contributed by atoms with van der Waals surface area (Å²) in [6.45, 7) is 2.88. The first kappa shape index (κ1) is 27.9. The predicted octanol–water partition coefficient (Wildman–Crippen LogP) is 2.95. The number of nitrogens with zero attached hydrogens (tertiary/aromatic N) is 6. The average molecular weight is 581 g/mol. The lowest BCUT2D eigenvalue weighted by atomic mass is 10.1. The van der Waals surface area contributed by atoms with Crippen molar-refractivity contribution in [1.82, 2.24) is 24.6 Å². The number of piperazine rings is 1. The zero-order valence-electron chi connectivity index (χ0n) is 21.4. The van der Waals surface area contributed by atoms with Crippen LogP contribution in [-0.4, -0.2) is 79.7 Å². The van der Waals surface area contributed by atoms with E-state index in [4.69, 9.17) is 27.8 Å². The number of aryl methyl sites for hydroxylation is 1. The van der Waals surface area contributed by atoms with Gasteiger partial charge in [0.05, 0.1) is 11.4 Å². The molecule has 15 heteroatoms. The van der Waals surface area contributed by atoms with Crippen molar-refractivity contribution in [2.45, 2.75) is 50.2 Å². The van der Waals surface area contributed by atoms with E-state index in [0.29, 0.717) is 24.6 Å². The molecule has 0 aliphatic carbocycles. The molecule has 0 spiro atoms. The lowest BCUT2D eigenvalue weighted by Crippen LogP contribution is -2.57. The number of aliphatic carboxylic acids is 1. The van der Waals surface area contributed by atoms with Crippen LogP contribution in [0.15, 0.2) is 36.5 Å². The summed E-state index contributed by atoms with van der Waals surface area (Å²) in [7, 11) is 0. The van der Waals surface area contributed by atoms with Crippen LogP contribution in [0.4, 0.5) is 24.9 Å². The van der Waals surface area contributed by atoms with Crippen LogP contribution in [0.25, 0.3) is 5.69 Å². The third-order valence-corrected chi connectivity index (χ3v) is 7.40. The first-order valence-corrected chi connectivity index (χ1v) is 13.0. The van der Waals surface area contributed by atoms with E-state index in [2.05, 4.69) is 20.0 Å². The number of benzene rings is 1. The Balaban J connectivity index is 1.42. The van der Waals surface area contributed by atoms with E-state index < -0.39 is 24.3 Å². The molecule has 3 aromatic rings. The monoisotopic (exact) mass is 580 g/mol. The van der Waals surface area contributed by atoms with Gasteiger partial charge in [-0.1, -0.05) is 17.7 Å². The lowest BCUT2D eigenvalue weighted by molar-refractivity contribution is -0.198. The van der Waals surface area contributed by atoms with Crippen LogP contribution in [0.2, 0.25) is 5.02 Å². The maximum absolute atomic E-state index is 14.4. The van der Waals surface area contributed by atoms with Gasteiger partial charge in [-0.2, -0.15) is 28.2 Å². The number of alkyl halides is 3. The maximum atomic E-state index is 14.4. The number of hydrogen-bond donors (Lipinski definition) is 3. The molecule has 1 aromatic carbocycles. The summed E-state index contributed by atoms with van der Waals surface area (Å²) < 4.78 is 50.1. The maximum Gasteiger partial charge on any atom is 0.429 e. The zero-order chi connectivity index (χ0) is 28.8. The summed E-state index contributed by atoms with van der Waals surface area (Å²) in [6, 6.07) is 6.00. The van der Waals surface area contributed by atoms with Crippen LogP contribution in [0.1, 0.15) is 30.2 Å². The topological polar surface area (TPSA) is 149 Å². The van der Waals surface area contributed by atoms with E-state index in [9.17, 15) is 23.1 Å². The molecule has 5 rings (SSSR count). The van der Waals surface area contributed by atoms with Gasteiger partial charge in [0.2, 0.25) is 17.9 Å². The molecule has 0 amide bonds. The molecule has 2 aliphatic rings. The van der Waals surface area contributed by atoms with Gasteiger partial charge >= 0.3 is 12.1 Å². The Morgan fingerprint density at radius 1 is 1.20 bits per heavy atom. The van der Waals surface area contributed by atoms with E-state index in [1.165, 1.54) is 35.1 Å². The van der Waals surface area contributed by atoms with Crippen LogP contribution < -0.4 is 21.1 Å². The number of fused-ring (bicyclic) bond motifs is 2. The van der Waals surface area contributed by atoms with Gasteiger partial charge in [0.1, 0.15) is 11.9 Å². The summed E-state index contributed by atoms with van der Waals surface area (Å²) in [6.07, 6.45) is -4.02. The van der Waals surface area contributed by atoms with Crippen LogP contribution in [0.3, 0.4) is 0 Å². The minimum atomic E-state index is -4.82. The summed E-state index contributed by atoms with van der Waals surface area (Å²) in [5.41, 5.74) is 12.2. The van der Waals surface area contributed by atoms with E-state index >= 15 is 0 Å². The molecule has 2 aromatic heterocycles. The van der Waals surface area contributed by atoms with Crippen molar-refractivity contribution in [3.05, 3.63) is 52.8 Å². The Morgan fingerprint density at radius 3 is 2.50 bits per heavy atom. The first-order chi connectivity index (χ1) is 18.9. The number of nitrogen functional groups attached to an aromatic ring is 1. The number of aromatic nitrogens is 4. The van der Waals surface area contributed by atoms with Gasteiger partial charge in [-0.25, -0.2) is 4.68 Å². The number of carboxylic acid groups (broad SMARTS) is 1. The Morgan fingerprint density at radius 2 is 1.90 bits per heavy atom. The van der Waals surface area contributed by atoms with Crippen molar-refractivity contribution < 1.29 is 27.8 Å². The van der Waals surface area contributed by atoms with Crippen molar-refractivity contribution in [3.8, 4) is 11.6 Å². The number of nitrogens with two attached hydrogens (primary N) is 2. The van der Waals surface area contributed by atoms with Gasteiger partial charge < -0.3 is 26.2 Å². The lowest BCUT2D eigenvalue weighted by Gasteiger charge is -2.42. The van der Waals surface area contributed by atoms with Crippen LogP contribution in [-0.2, 0) is 4.79 Å². The molecule has 40 heavy (non-hydrogen) atoms. The smallest absolute Gasteiger partial charge is 0.429 e. The molecule has 4 atom stereocenters. The van der Waals surface area contributed by atoms with Crippen LogP contribution in [0.5, 0.6) is 5.88 Å². The number of carboxylic acids is 1. The first-order valence-electron chi connectivity index (χ1n) is 12.6. The highest BCUT2D eigenvalue weighted by Crippen LogP contribution is 2.40. The molecule has 2 fully saturated rings. The largest absolute Gasteiger partial charge is 0.480 e. The van der Waals surface area contributed by atoms with Gasteiger partial charge in [0, 0.05) is 54.6 Å². The number of hydrogen-bond acceptors (Lipinski definition) is 9. The molecule has 2 saturated heterocycles. The molecule has 0 radical (unpaired) electrons. The second-order valence-electron chi connectivity index (χ2n) is 10.00. The zero-order valence-corrected chi connectivity index (χ0v) is 22.2. The van der Waals surface area contributed by atoms with Gasteiger partial charge in [0.15, 0.2) is 0 Å². The minimum Gasteiger partial charge on any atom is -0.480 e. The molecule has 4 heterocycles. The Kier molecular flexibility index (Phi) is 7.50. The van der Waals surface area contributed by atoms with Gasteiger partial charge in [-0.05, 0) is 38.0 Å². The highest BCUT2D eigenvalue weighted by Gasteiger charge is 2.45. The fraction of sp³-hybridized carbons (Fsp3) is 0.440. The molecular weight excluding hydrogens is 553 g/mol. The van der Waals surface area contributed by atoms with E-state index in [0.717, 1.165) is 12.8 Å². The summed E-state index contributed by atoms with van der Waals surface area (Å²) in [5.74, 6) is -1.33. The van der Waals surface area contributed by atoms with Crippen molar-refractivity contribution in [2.75, 3.05) is 30.3 Å². The molecule has 5 N–H and O–H groups in total. The fourth-order valence-corrected chi connectivity index (χ4v) is 5.51. The van der Waals surface area contributed by atoms with E-state index in [1.807, 2.05) is 4.90 Å². The van der Waals surface area contributed by atoms with E-state index in [-0.39, 0.29) is 46.7 Å². The number of anilines is 2. The van der Waals surface area contributed by atoms with E-state index in [1.54, 1.807) is 13.0 Å². The summed E-state index contributed by atoms with van der Waals surface area (Å²) in [4.78, 5) is 23.4. The Bertz CT molecular complexity index is 1390. The summed E-state index contributed by atoms with van der Waals surface area (Å²) in [5, 5.41) is 13.7. The van der Waals surface area contributed by atoms with Crippen LogP contribution >= 0.6 is 11.6 Å². The molecule has 2 unspecified atom stereocenters. The molecule has 2 bridgehead atoms. The highest BCUT2D eigenvalue weighted by molar-refractivity contribution is 6.30. The molecule has 2 aliphatic heterocycles. The minimum absolute atomic E-state index is 0.0155. The molecule has 11 nitrogen and oxygen atoms in total. The number of carbonyl (C=O) groups is 1. The Labute approximate surface area is 232 Å². The second-order valence-corrected chi connectivity index (χ2v) is 10.4. The van der Waals surface area contributed by atoms with Crippen LogP contribution in [0, 0.1) is 6.92 Å². The number of ether oxygens (including phenoxy) is 1. The van der Waals surface area contributed by atoms with Crippen molar-refractivity contribution in [3.63, 3.8) is 0 Å². The number of halogens is 4. The highest BCUT2D eigenvalue weighted by atomic mass is 35.5. The molecule has 214 valence electrons. The SMILES string of the molecule is Cc1ccn(-c2cc(Cl)ccc2[C@@H](Oc2cc(N3CC4CCC(C3)N4C[C@H](N)C(=O)O)nc(N)n2)C(F)(F)F)n1. The third kappa shape index (κ3) is 5.78. The quantitative estimate of drug-likeness (QED) is 0.363. The average Bonchev–Trinajstić information content (AvgIpc) is 3.39. The predicted molar refractivity (Wildman–Crippen MR) is 141 cm³/mol. The second kappa shape index (κ2) is 10.7. The molecular formula is C25H28ClF3N8O3. The number of rotatable bonds is 8. The fourth-order valence-electron chi connectivity index (χ4n) is 5.35. The van der Waals surface area contributed by atoms with Gasteiger partial charge in [-0.3, -0.25) is 9.69 Å². The normalized spacial score (nSPS) is 20.9.